The van der Waals surface area contributed by atoms with Crippen molar-refractivity contribution in [1.82, 2.24) is 5.32 Å². The molecule has 0 saturated heterocycles. The second-order valence-corrected chi connectivity index (χ2v) is 9.96. The summed E-state index contributed by atoms with van der Waals surface area (Å²) in [7, 11) is 4.36. The number of unbranched alkanes of at least 4 members (excludes halogenated alkanes) is 13. The molecule has 0 aliphatic carbocycles. The number of carbonyl (C=O) groups excluding carboxylic acids is 2. The Morgan fingerprint density at radius 2 is 1.21 bits per heavy atom. The Labute approximate surface area is 204 Å². The summed E-state index contributed by atoms with van der Waals surface area (Å²) in [5.74, 6) is -0.451. The van der Waals surface area contributed by atoms with Crippen LogP contribution in [-0.4, -0.2) is 63.5 Å². The smallest absolute Gasteiger partial charge is 0.407 e. The molecule has 0 rings (SSSR count). The number of ether oxygens (including phenoxy) is 2. The lowest BCUT2D eigenvalue weighted by Gasteiger charge is -2.29. The number of esters is 1. The molecule has 0 heterocycles. The predicted molar refractivity (Wildman–Crippen MR) is 137 cm³/mol. The van der Waals surface area contributed by atoms with Gasteiger partial charge < -0.3 is 19.3 Å². The summed E-state index contributed by atoms with van der Waals surface area (Å²) in [5, 5.41) is 2.59. The highest BCUT2D eigenvalue weighted by Crippen LogP contribution is 2.13. The van der Waals surface area contributed by atoms with Gasteiger partial charge in [-0.2, -0.15) is 0 Å². The largest absolute Gasteiger partial charge is 0.460 e. The lowest BCUT2D eigenvalue weighted by atomic mass is 10.0. The third kappa shape index (κ3) is 22.0. The van der Waals surface area contributed by atoms with E-state index in [9.17, 15) is 9.59 Å². The Morgan fingerprint density at radius 3 is 1.70 bits per heavy atom. The Balaban J connectivity index is 3.50. The zero-order valence-corrected chi connectivity index (χ0v) is 22.2. The maximum absolute atomic E-state index is 11.7. The van der Waals surface area contributed by atoms with E-state index >= 15 is 0 Å². The van der Waals surface area contributed by atoms with Crippen LogP contribution < -0.4 is 5.32 Å². The fourth-order valence-corrected chi connectivity index (χ4v) is 3.70. The van der Waals surface area contributed by atoms with Crippen LogP contribution in [0, 0.1) is 0 Å². The van der Waals surface area contributed by atoms with Gasteiger partial charge in [-0.3, -0.25) is 0 Å². The quantitative estimate of drug-likeness (QED) is 0.0863. The van der Waals surface area contributed by atoms with Crippen LogP contribution in [0.25, 0.3) is 0 Å². The standard InChI is InChI=1S/C27H52N2O4/c1-6-7-8-9-10-11-12-13-14-15-16-17-18-19-21-29(4,5)22-24-33-27(31)28-20-23-32-26(30)25(2)3/h2,6-24H2,1,3-5H3/p+1. The highest BCUT2D eigenvalue weighted by molar-refractivity contribution is 5.86. The molecule has 6 heteroatoms. The van der Waals surface area contributed by atoms with Crippen LogP contribution in [0.15, 0.2) is 12.2 Å². The number of hydrogen-bond acceptors (Lipinski definition) is 4. The Morgan fingerprint density at radius 1 is 0.727 bits per heavy atom. The number of carbonyl (C=O) groups is 2. The van der Waals surface area contributed by atoms with Crippen molar-refractivity contribution in [2.24, 2.45) is 0 Å². The molecule has 1 amide bonds. The molecule has 194 valence electrons. The molecule has 0 atom stereocenters. The van der Waals surface area contributed by atoms with Gasteiger partial charge in [-0.15, -0.1) is 0 Å². The maximum Gasteiger partial charge on any atom is 0.407 e. The Hall–Kier alpha value is -1.56. The van der Waals surface area contributed by atoms with Crippen molar-refractivity contribution in [3.05, 3.63) is 12.2 Å². The maximum atomic E-state index is 11.7. The van der Waals surface area contributed by atoms with E-state index in [1.807, 2.05) is 0 Å². The Bertz CT molecular complexity index is 520. The number of rotatable bonds is 22. The van der Waals surface area contributed by atoms with Crippen LogP contribution in [0.3, 0.4) is 0 Å². The van der Waals surface area contributed by atoms with Gasteiger partial charge in [-0.1, -0.05) is 90.6 Å². The molecule has 0 saturated carbocycles. The van der Waals surface area contributed by atoms with E-state index in [1.165, 1.54) is 89.9 Å². The summed E-state index contributed by atoms with van der Waals surface area (Å²) in [6.07, 6.45) is 18.7. The number of nitrogens with zero attached hydrogens (tertiary/aromatic N) is 1. The lowest BCUT2D eigenvalue weighted by Crippen LogP contribution is -2.43. The minimum absolute atomic E-state index is 0.113. The molecule has 0 fully saturated rings. The van der Waals surface area contributed by atoms with Crippen molar-refractivity contribution in [3.8, 4) is 0 Å². The summed E-state index contributed by atoms with van der Waals surface area (Å²) in [6.45, 7) is 9.97. The highest BCUT2D eigenvalue weighted by atomic mass is 16.6. The van der Waals surface area contributed by atoms with Crippen molar-refractivity contribution < 1.29 is 23.5 Å². The highest BCUT2D eigenvalue weighted by Gasteiger charge is 2.15. The first kappa shape index (κ1) is 31.4. The van der Waals surface area contributed by atoms with E-state index in [1.54, 1.807) is 6.92 Å². The second kappa shape index (κ2) is 21.0. The zero-order valence-electron chi connectivity index (χ0n) is 22.2. The van der Waals surface area contributed by atoms with Gasteiger partial charge in [0.25, 0.3) is 0 Å². The molecule has 0 aromatic rings. The van der Waals surface area contributed by atoms with Crippen LogP contribution in [0.5, 0.6) is 0 Å². The van der Waals surface area contributed by atoms with Gasteiger partial charge in [-0.25, -0.2) is 9.59 Å². The summed E-state index contributed by atoms with van der Waals surface area (Å²) in [6, 6.07) is 0. The summed E-state index contributed by atoms with van der Waals surface area (Å²) in [4.78, 5) is 23.0. The topological polar surface area (TPSA) is 64.6 Å². The first-order valence-electron chi connectivity index (χ1n) is 13.3. The number of likely N-dealkylation sites (N-methyl/N-ethyl adjacent to an activating group) is 1. The van der Waals surface area contributed by atoms with Crippen molar-refractivity contribution in [3.63, 3.8) is 0 Å². The molecule has 1 N–H and O–H groups in total. The van der Waals surface area contributed by atoms with Crippen molar-refractivity contribution in [2.45, 2.75) is 104 Å². The van der Waals surface area contributed by atoms with Gasteiger partial charge in [0.1, 0.15) is 19.8 Å². The molecule has 0 spiro atoms. The number of amides is 1. The molecular weight excluding hydrogens is 416 g/mol. The van der Waals surface area contributed by atoms with Crippen molar-refractivity contribution >= 4 is 12.1 Å². The lowest BCUT2D eigenvalue weighted by molar-refractivity contribution is -0.890. The normalized spacial score (nSPS) is 11.3. The first-order chi connectivity index (χ1) is 15.8. The van der Waals surface area contributed by atoms with E-state index in [2.05, 4.69) is 32.9 Å². The molecule has 0 unspecified atom stereocenters. The molecule has 0 aliphatic rings. The fourth-order valence-electron chi connectivity index (χ4n) is 3.70. The van der Waals surface area contributed by atoms with E-state index in [-0.39, 0.29) is 13.2 Å². The third-order valence-electron chi connectivity index (χ3n) is 6.00. The number of nitrogens with one attached hydrogen (secondary N) is 1. The average molecular weight is 470 g/mol. The van der Waals surface area contributed by atoms with Crippen LogP contribution >= 0.6 is 0 Å². The Kier molecular flexibility index (Phi) is 20.0. The monoisotopic (exact) mass is 469 g/mol. The second-order valence-electron chi connectivity index (χ2n) is 9.96. The first-order valence-corrected chi connectivity index (χ1v) is 13.3. The molecule has 0 aromatic heterocycles. The van der Waals surface area contributed by atoms with Crippen LogP contribution in [0.2, 0.25) is 0 Å². The molecular formula is C27H53N2O4+. The molecule has 0 radical (unpaired) electrons. The van der Waals surface area contributed by atoms with Crippen LogP contribution in [0.1, 0.15) is 104 Å². The minimum atomic E-state index is -0.474. The summed E-state index contributed by atoms with van der Waals surface area (Å²) >= 11 is 0. The molecule has 33 heavy (non-hydrogen) atoms. The zero-order chi connectivity index (χ0) is 24.8. The molecule has 0 aromatic carbocycles. The van der Waals surface area contributed by atoms with Gasteiger partial charge in [0.05, 0.1) is 27.2 Å². The van der Waals surface area contributed by atoms with Crippen LogP contribution in [0.4, 0.5) is 4.79 Å². The van der Waals surface area contributed by atoms with Gasteiger partial charge in [-0.05, 0) is 19.8 Å². The van der Waals surface area contributed by atoms with E-state index in [0.717, 1.165) is 17.6 Å². The van der Waals surface area contributed by atoms with E-state index < -0.39 is 12.1 Å². The van der Waals surface area contributed by atoms with Crippen molar-refractivity contribution in [2.75, 3.05) is 46.9 Å². The SMILES string of the molecule is C=C(C)C(=O)OCCNC(=O)OCC[N+](C)(C)CCCCCCCCCCCCCCCC. The molecule has 0 bridgehead atoms. The van der Waals surface area contributed by atoms with E-state index in [0.29, 0.717) is 12.2 Å². The predicted octanol–water partition coefficient (Wildman–Crippen LogP) is 6.39. The van der Waals surface area contributed by atoms with Gasteiger partial charge in [0, 0.05) is 5.57 Å². The van der Waals surface area contributed by atoms with Gasteiger partial charge in [0.15, 0.2) is 0 Å². The minimum Gasteiger partial charge on any atom is -0.460 e. The summed E-state index contributed by atoms with van der Waals surface area (Å²) < 4.78 is 11.0. The van der Waals surface area contributed by atoms with E-state index in [4.69, 9.17) is 9.47 Å². The number of alkyl carbamates (subject to hydrolysis) is 1. The van der Waals surface area contributed by atoms with Gasteiger partial charge in [0.2, 0.25) is 0 Å². The number of quaternary nitrogens is 1. The summed E-state index contributed by atoms with van der Waals surface area (Å²) in [5.41, 5.74) is 0.344. The third-order valence-corrected chi connectivity index (χ3v) is 6.00. The van der Waals surface area contributed by atoms with Gasteiger partial charge >= 0.3 is 12.1 Å². The van der Waals surface area contributed by atoms with Crippen LogP contribution in [-0.2, 0) is 14.3 Å². The molecule has 6 nitrogen and oxygen atoms in total. The molecule has 0 aliphatic heterocycles. The average Bonchev–Trinajstić information content (AvgIpc) is 2.76. The van der Waals surface area contributed by atoms with Crippen molar-refractivity contribution in [1.29, 1.82) is 0 Å². The fraction of sp³-hybridized carbons (Fsp3) is 0.852. The number of hydrogen-bond donors (Lipinski definition) is 1.